The minimum atomic E-state index is -4.20. The molecule has 3 unspecified atom stereocenters. The van der Waals surface area contributed by atoms with E-state index < -0.39 is 44.1 Å². The third-order valence-corrected chi connectivity index (χ3v) is 7.88. The lowest BCUT2D eigenvalue weighted by atomic mass is 10.1. The molecule has 1 aliphatic rings. The Labute approximate surface area is 181 Å². The van der Waals surface area contributed by atoms with E-state index in [2.05, 4.69) is 11.8 Å². The highest BCUT2D eigenvalue weighted by atomic mass is 32.2. The Hall–Kier alpha value is -2.21. The summed E-state index contributed by atoms with van der Waals surface area (Å²) in [6, 6.07) is 2.89. The summed E-state index contributed by atoms with van der Waals surface area (Å²) in [7, 11) is -7.90. The van der Waals surface area contributed by atoms with Gasteiger partial charge in [0.25, 0.3) is 5.91 Å². The third kappa shape index (κ3) is 5.94. The smallest absolute Gasteiger partial charge is 0.263 e. The molecule has 1 aromatic rings. The molecule has 1 aliphatic heterocycles. The first-order valence-electron chi connectivity index (χ1n) is 9.21. The standard InChI is InChI=1S/C18H25N3O8S2/c1-13(22)5-4-12-29-15-6-8-16(9-7-15)31(27,28)21-11-10-20(30(3,25)26)14(2)17(21)18(23)19-24/h6-9,13-14,17,22,24H,10-12H2,1-3H3,(H,19,23). The first-order valence-corrected chi connectivity index (χ1v) is 12.5. The van der Waals surface area contributed by atoms with Gasteiger partial charge in [0.2, 0.25) is 20.0 Å². The normalized spacial score (nSPS) is 21.6. The number of hydrogen-bond acceptors (Lipinski definition) is 8. The Morgan fingerprint density at radius 3 is 2.32 bits per heavy atom. The zero-order chi connectivity index (χ0) is 23.4. The lowest BCUT2D eigenvalue weighted by Crippen LogP contribution is -2.65. The number of hydroxylamine groups is 1. The van der Waals surface area contributed by atoms with E-state index in [1.165, 1.54) is 43.6 Å². The van der Waals surface area contributed by atoms with E-state index >= 15 is 0 Å². The van der Waals surface area contributed by atoms with Crippen LogP contribution < -0.4 is 10.2 Å². The molecule has 11 nitrogen and oxygen atoms in total. The second kappa shape index (κ2) is 9.94. The van der Waals surface area contributed by atoms with Gasteiger partial charge >= 0.3 is 0 Å². The molecular formula is C18H25N3O8S2. The van der Waals surface area contributed by atoms with Gasteiger partial charge in [-0.1, -0.05) is 11.8 Å². The lowest BCUT2D eigenvalue weighted by molar-refractivity contribution is -0.135. The summed E-state index contributed by atoms with van der Waals surface area (Å²) >= 11 is 0. The molecule has 2 rings (SSSR count). The number of aliphatic hydroxyl groups excluding tert-OH is 1. The van der Waals surface area contributed by atoms with Gasteiger partial charge in [0.1, 0.15) is 24.5 Å². The van der Waals surface area contributed by atoms with Gasteiger partial charge in [0, 0.05) is 19.1 Å². The highest BCUT2D eigenvalue weighted by Crippen LogP contribution is 2.27. The summed E-state index contributed by atoms with van der Waals surface area (Å²) in [4.78, 5) is 12.1. The van der Waals surface area contributed by atoms with Gasteiger partial charge in [0.05, 0.1) is 11.2 Å². The number of sulfonamides is 2. The molecule has 0 radical (unpaired) electrons. The molecule has 3 N–H and O–H groups in total. The van der Waals surface area contributed by atoms with Crippen molar-refractivity contribution >= 4 is 26.0 Å². The number of hydrogen-bond donors (Lipinski definition) is 3. The maximum atomic E-state index is 13.2. The van der Waals surface area contributed by atoms with Crippen molar-refractivity contribution in [2.45, 2.75) is 36.9 Å². The lowest BCUT2D eigenvalue weighted by Gasteiger charge is -2.42. The fraction of sp³-hybridized carbons (Fsp3) is 0.500. The summed E-state index contributed by atoms with van der Waals surface area (Å²) in [5, 5.41) is 18.2. The Kier molecular flexibility index (Phi) is 8.04. The number of nitrogens with one attached hydrogen (secondary N) is 1. The molecule has 1 fully saturated rings. The van der Waals surface area contributed by atoms with Crippen molar-refractivity contribution < 1.29 is 36.7 Å². The Morgan fingerprint density at radius 2 is 1.81 bits per heavy atom. The summed E-state index contributed by atoms with van der Waals surface area (Å²) < 4.78 is 57.6. The number of amides is 1. The van der Waals surface area contributed by atoms with Crippen molar-refractivity contribution in [1.29, 1.82) is 0 Å². The minimum absolute atomic E-state index is 0.000702. The number of aliphatic hydroxyl groups is 1. The van der Waals surface area contributed by atoms with Crippen molar-refractivity contribution in [3.05, 3.63) is 24.3 Å². The molecule has 1 aromatic carbocycles. The van der Waals surface area contributed by atoms with Crippen LogP contribution in [-0.4, -0.2) is 85.8 Å². The Bertz CT molecular complexity index is 1060. The highest BCUT2D eigenvalue weighted by Gasteiger charge is 2.47. The van der Waals surface area contributed by atoms with Crippen LogP contribution in [0.25, 0.3) is 0 Å². The first-order chi connectivity index (χ1) is 14.4. The monoisotopic (exact) mass is 475 g/mol. The summed E-state index contributed by atoms with van der Waals surface area (Å²) in [6.07, 6.45) is 0.178. The zero-order valence-corrected chi connectivity index (χ0v) is 18.9. The second-order valence-corrected chi connectivity index (χ2v) is 10.7. The molecule has 1 amide bonds. The maximum absolute atomic E-state index is 13.2. The Balaban J connectivity index is 2.28. The fourth-order valence-corrected chi connectivity index (χ4v) is 6.02. The van der Waals surface area contributed by atoms with Crippen LogP contribution in [0, 0.1) is 11.8 Å². The van der Waals surface area contributed by atoms with E-state index in [-0.39, 0.29) is 24.6 Å². The number of carbonyl (C=O) groups excluding carboxylic acids is 1. The number of ether oxygens (including phenoxy) is 1. The van der Waals surface area contributed by atoms with Crippen molar-refractivity contribution in [3.8, 4) is 17.6 Å². The average molecular weight is 476 g/mol. The number of rotatable bonds is 6. The molecule has 1 saturated heterocycles. The van der Waals surface area contributed by atoms with Crippen LogP contribution >= 0.6 is 0 Å². The number of carbonyl (C=O) groups is 1. The molecule has 0 aliphatic carbocycles. The summed E-state index contributed by atoms with van der Waals surface area (Å²) in [5.41, 5.74) is 1.42. The van der Waals surface area contributed by atoms with E-state index in [4.69, 9.17) is 15.1 Å². The topological polar surface area (TPSA) is 154 Å². The van der Waals surface area contributed by atoms with E-state index in [1.807, 2.05) is 0 Å². The van der Waals surface area contributed by atoms with Crippen LogP contribution in [0.4, 0.5) is 0 Å². The van der Waals surface area contributed by atoms with Crippen LogP contribution in [0.2, 0.25) is 0 Å². The molecule has 0 bridgehead atoms. The number of nitrogens with zero attached hydrogens (tertiary/aromatic N) is 2. The van der Waals surface area contributed by atoms with Crippen LogP contribution in [0.1, 0.15) is 13.8 Å². The molecule has 1 heterocycles. The van der Waals surface area contributed by atoms with Gasteiger partial charge in [-0.15, -0.1) is 0 Å². The first kappa shape index (κ1) is 25.1. The molecule has 0 spiro atoms. The molecular weight excluding hydrogens is 450 g/mol. The van der Waals surface area contributed by atoms with E-state index in [0.717, 1.165) is 14.9 Å². The molecule has 31 heavy (non-hydrogen) atoms. The summed E-state index contributed by atoms with van der Waals surface area (Å²) in [5.74, 6) is 4.42. The predicted octanol–water partition coefficient (Wildman–Crippen LogP) is -1.02. The number of piperazine rings is 1. The van der Waals surface area contributed by atoms with Gasteiger partial charge < -0.3 is 9.84 Å². The van der Waals surface area contributed by atoms with Crippen molar-refractivity contribution in [3.63, 3.8) is 0 Å². The van der Waals surface area contributed by atoms with Crippen molar-refractivity contribution in [2.75, 3.05) is 26.0 Å². The maximum Gasteiger partial charge on any atom is 0.263 e. The number of benzene rings is 1. The molecule has 172 valence electrons. The van der Waals surface area contributed by atoms with Gasteiger partial charge in [-0.25, -0.2) is 22.3 Å². The van der Waals surface area contributed by atoms with Crippen LogP contribution in [0.3, 0.4) is 0 Å². The van der Waals surface area contributed by atoms with Gasteiger partial charge in [-0.05, 0) is 38.1 Å². The molecule has 0 saturated carbocycles. The quantitative estimate of drug-likeness (QED) is 0.268. The van der Waals surface area contributed by atoms with Crippen LogP contribution in [-0.2, 0) is 24.8 Å². The van der Waals surface area contributed by atoms with E-state index in [9.17, 15) is 21.6 Å². The molecule has 0 aromatic heterocycles. The highest BCUT2D eigenvalue weighted by molar-refractivity contribution is 7.89. The average Bonchev–Trinajstić information content (AvgIpc) is 2.69. The zero-order valence-electron chi connectivity index (χ0n) is 17.2. The molecule has 3 atom stereocenters. The Morgan fingerprint density at radius 1 is 1.23 bits per heavy atom. The van der Waals surface area contributed by atoms with Gasteiger partial charge in [-0.3, -0.25) is 10.0 Å². The molecule has 13 heteroatoms. The van der Waals surface area contributed by atoms with Crippen LogP contribution in [0.15, 0.2) is 29.2 Å². The fourth-order valence-electron chi connectivity index (χ4n) is 3.24. The predicted molar refractivity (Wildman–Crippen MR) is 110 cm³/mol. The van der Waals surface area contributed by atoms with Gasteiger partial charge in [-0.2, -0.15) is 8.61 Å². The SMILES string of the molecule is CC(O)C#CCOc1ccc(S(=O)(=O)N2CCN(S(C)(=O)=O)C(C)C2C(=O)NO)cc1. The van der Waals surface area contributed by atoms with Crippen molar-refractivity contribution in [2.24, 2.45) is 0 Å². The second-order valence-electron chi connectivity index (χ2n) is 6.91. The van der Waals surface area contributed by atoms with E-state index in [0.29, 0.717) is 5.75 Å². The van der Waals surface area contributed by atoms with Gasteiger partial charge in [0.15, 0.2) is 0 Å². The van der Waals surface area contributed by atoms with E-state index in [1.54, 1.807) is 0 Å². The largest absolute Gasteiger partial charge is 0.481 e. The summed E-state index contributed by atoms with van der Waals surface area (Å²) in [6.45, 7) is 2.49. The van der Waals surface area contributed by atoms with Crippen LogP contribution in [0.5, 0.6) is 5.75 Å². The minimum Gasteiger partial charge on any atom is -0.481 e. The third-order valence-electron chi connectivity index (χ3n) is 4.62. The van der Waals surface area contributed by atoms with Crippen molar-refractivity contribution in [1.82, 2.24) is 14.1 Å².